The first-order valence-electron chi connectivity index (χ1n) is 9.47. The van der Waals surface area contributed by atoms with E-state index in [2.05, 4.69) is 20.7 Å². The summed E-state index contributed by atoms with van der Waals surface area (Å²) >= 11 is 0. The number of hydrogen-bond acceptors (Lipinski definition) is 5. The van der Waals surface area contributed by atoms with Crippen molar-refractivity contribution in [3.8, 4) is 0 Å². The van der Waals surface area contributed by atoms with Gasteiger partial charge in [0.25, 0.3) is 0 Å². The third-order valence-electron chi connectivity index (χ3n) is 4.81. The maximum Gasteiger partial charge on any atom is 0.320 e. The summed E-state index contributed by atoms with van der Waals surface area (Å²) in [6, 6.07) is 6.64. The Labute approximate surface area is 166 Å². The zero-order valence-electron chi connectivity index (χ0n) is 15.9. The fourth-order valence-electron chi connectivity index (χ4n) is 3.50. The van der Waals surface area contributed by atoms with Crippen molar-refractivity contribution in [3.63, 3.8) is 0 Å². The molecule has 2 amide bonds. The second-order valence-electron chi connectivity index (χ2n) is 6.95. The summed E-state index contributed by atoms with van der Waals surface area (Å²) in [6.45, 7) is 2.79. The van der Waals surface area contributed by atoms with Crippen LogP contribution in [-0.2, 0) is 17.7 Å². The highest BCUT2D eigenvalue weighted by Gasteiger charge is 2.21. The molecule has 2 bridgehead atoms. The minimum atomic E-state index is -0.788. The van der Waals surface area contributed by atoms with Gasteiger partial charge in [-0.3, -0.25) is 10.00 Å². The van der Waals surface area contributed by atoms with Crippen molar-refractivity contribution in [1.82, 2.24) is 20.1 Å². The summed E-state index contributed by atoms with van der Waals surface area (Å²) in [5.41, 5.74) is 2.03. The van der Waals surface area contributed by atoms with Gasteiger partial charge in [-0.1, -0.05) is 12.1 Å². The molecule has 3 aromatic rings. The van der Waals surface area contributed by atoms with Crippen LogP contribution >= 0.6 is 0 Å². The van der Waals surface area contributed by atoms with E-state index >= 15 is 0 Å². The molecule has 9 heteroatoms. The Bertz CT molecular complexity index is 1040. The Morgan fingerprint density at radius 3 is 3.00 bits per heavy atom. The van der Waals surface area contributed by atoms with E-state index in [1.165, 1.54) is 12.1 Å². The minimum Gasteiger partial charge on any atom is -0.390 e. The third kappa shape index (κ3) is 4.20. The van der Waals surface area contributed by atoms with Gasteiger partial charge in [-0.05, 0) is 30.7 Å². The number of urea groups is 1. The normalized spacial score (nSPS) is 20.4. The van der Waals surface area contributed by atoms with Crippen LogP contribution in [-0.4, -0.2) is 45.2 Å². The predicted molar refractivity (Wildman–Crippen MR) is 105 cm³/mol. The molecule has 152 valence electrons. The molecule has 1 aliphatic rings. The van der Waals surface area contributed by atoms with Crippen molar-refractivity contribution in [2.45, 2.75) is 32.0 Å². The van der Waals surface area contributed by atoms with E-state index in [4.69, 9.17) is 4.74 Å². The van der Waals surface area contributed by atoms with Crippen LogP contribution in [0.3, 0.4) is 0 Å². The van der Waals surface area contributed by atoms with Gasteiger partial charge in [-0.2, -0.15) is 5.10 Å². The number of aryl methyl sites for hydroxylation is 1. The summed E-state index contributed by atoms with van der Waals surface area (Å²) in [6.07, 6.45) is 1.17. The molecule has 0 fully saturated rings. The Kier molecular flexibility index (Phi) is 5.41. The van der Waals surface area contributed by atoms with E-state index in [0.29, 0.717) is 23.6 Å². The topological polar surface area (TPSA) is 101 Å². The molecular weight excluding hydrogens is 377 g/mol. The van der Waals surface area contributed by atoms with Crippen molar-refractivity contribution in [3.05, 3.63) is 53.6 Å². The number of aliphatic hydroxyl groups is 1. The molecule has 0 saturated carbocycles. The minimum absolute atomic E-state index is 0.0583. The predicted octanol–water partition coefficient (Wildman–Crippen LogP) is 2.39. The molecule has 1 aliphatic heterocycles. The molecule has 0 saturated heterocycles. The molecule has 0 aliphatic carbocycles. The Morgan fingerprint density at radius 1 is 1.34 bits per heavy atom. The van der Waals surface area contributed by atoms with Gasteiger partial charge in [0, 0.05) is 18.4 Å². The number of aliphatic hydroxyl groups excluding tert-OH is 1. The molecule has 0 unspecified atom stereocenters. The smallest absolute Gasteiger partial charge is 0.320 e. The van der Waals surface area contributed by atoms with Crippen molar-refractivity contribution >= 4 is 22.8 Å². The number of ether oxygens (including phenoxy) is 1. The summed E-state index contributed by atoms with van der Waals surface area (Å²) < 4.78 is 21.1. The highest BCUT2D eigenvalue weighted by Crippen LogP contribution is 2.23. The number of fused-ring (bicyclic) bond motifs is 4. The van der Waals surface area contributed by atoms with Gasteiger partial charge in [0.05, 0.1) is 42.8 Å². The van der Waals surface area contributed by atoms with Crippen molar-refractivity contribution in [2.75, 3.05) is 18.5 Å². The number of aromatic nitrogens is 3. The molecule has 29 heavy (non-hydrogen) atoms. The quantitative estimate of drug-likeness (QED) is 0.614. The first-order valence-corrected chi connectivity index (χ1v) is 9.47. The Morgan fingerprint density at radius 2 is 2.21 bits per heavy atom. The number of halogens is 1. The molecule has 0 spiro atoms. The first kappa shape index (κ1) is 19.3. The number of benzene rings is 1. The van der Waals surface area contributed by atoms with Gasteiger partial charge in [0.15, 0.2) is 0 Å². The van der Waals surface area contributed by atoms with E-state index in [1.54, 1.807) is 29.1 Å². The molecule has 1 aromatic carbocycles. The first-order chi connectivity index (χ1) is 14.0. The lowest BCUT2D eigenvalue weighted by molar-refractivity contribution is 0.0283. The number of nitrogens with one attached hydrogen (secondary N) is 2. The SMILES string of the molecule is CCn1ncc2cc3nc(c21)C[C@H](O)COC[C@H](c1cccc(F)c1)NC(=O)N3. The molecule has 0 radical (unpaired) electrons. The number of rotatable bonds is 2. The summed E-state index contributed by atoms with van der Waals surface area (Å²) in [5.74, 6) is -0.0482. The number of anilines is 1. The lowest BCUT2D eigenvalue weighted by Crippen LogP contribution is -2.36. The van der Waals surface area contributed by atoms with Crippen LogP contribution in [0.25, 0.3) is 10.9 Å². The van der Waals surface area contributed by atoms with Crippen LogP contribution in [0, 0.1) is 5.82 Å². The second kappa shape index (κ2) is 8.14. The molecular formula is C20H22FN5O3. The maximum atomic E-state index is 13.6. The number of pyridine rings is 1. The molecule has 4 rings (SSSR count). The highest BCUT2D eigenvalue weighted by atomic mass is 19.1. The molecule has 2 aromatic heterocycles. The molecule has 8 nitrogen and oxygen atoms in total. The molecule has 3 heterocycles. The van der Waals surface area contributed by atoms with E-state index in [-0.39, 0.29) is 19.6 Å². The number of carbonyl (C=O) groups excluding carboxylic acids is 1. The van der Waals surface area contributed by atoms with Crippen LogP contribution < -0.4 is 10.6 Å². The van der Waals surface area contributed by atoms with Gasteiger partial charge < -0.3 is 15.2 Å². The second-order valence-corrected chi connectivity index (χ2v) is 6.95. The lowest BCUT2D eigenvalue weighted by atomic mass is 10.1. The van der Waals surface area contributed by atoms with Gasteiger partial charge in [0.2, 0.25) is 0 Å². The van der Waals surface area contributed by atoms with Crippen LogP contribution in [0.15, 0.2) is 36.5 Å². The lowest BCUT2D eigenvalue weighted by Gasteiger charge is -2.22. The Balaban J connectivity index is 1.68. The zero-order chi connectivity index (χ0) is 20.4. The molecule has 2 atom stereocenters. The van der Waals surface area contributed by atoms with Crippen LogP contribution in [0.4, 0.5) is 15.0 Å². The van der Waals surface area contributed by atoms with Gasteiger partial charge in [-0.25, -0.2) is 14.2 Å². The number of nitrogens with zero attached hydrogens (tertiary/aromatic N) is 3. The highest BCUT2D eigenvalue weighted by molar-refractivity contribution is 5.92. The number of hydrogen-bond donors (Lipinski definition) is 3. The number of amides is 2. The van der Waals surface area contributed by atoms with Crippen molar-refractivity contribution in [2.24, 2.45) is 0 Å². The fourth-order valence-corrected chi connectivity index (χ4v) is 3.50. The standard InChI is InChI=1S/C20H22FN5O3/c1-2-26-19-13(9-22-26)7-18-23-16(19)8-15(27)10-29-11-17(24-20(28)25-18)12-4-3-5-14(21)6-12/h3-7,9,15,17,27H,2,8,10-11H2,1H3,(H2,23,24,25,28)/t15-,17+/m0/s1. The summed E-state index contributed by atoms with van der Waals surface area (Å²) in [4.78, 5) is 17.1. The zero-order valence-corrected chi connectivity index (χ0v) is 15.9. The monoisotopic (exact) mass is 399 g/mol. The summed E-state index contributed by atoms with van der Waals surface area (Å²) in [5, 5.41) is 21.1. The van der Waals surface area contributed by atoms with E-state index in [0.717, 1.165) is 10.9 Å². The van der Waals surface area contributed by atoms with E-state index < -0.39 is 24.0 Å². The van der Waals surface area contributed by atoms with E-state index in [9.17, 15) is 14.3 Å². The van der Waals surface area contributed by atoms with E-state index in [1.807, 2.05) is 6.92 Å². The molecule has 3 N–H and O–H groups in total. The largest absolute Gasteiger partial charge is 0.390 e. The fraction of sp³-hybridized carbons (Fsp3) is 0.350. The Hall–Kier alpha value is -3.04. The van der Waals surface area contributed by atoms with Crippen molar-refractivity contribution < 1.29 is 19.0 Å². The van der Waals surface area contributed by atoms with Crippen LogP contribution in [0.5, 0.6) is 0 Å². The van der Waals surface area contributed by atoms with Gasteiger partial charge in [0.1, 0.15) is 11.6 Å². The van der Waals surface area contributed by atoms with Gasteiger partial charge in [-0.15, -0.1) is 0 Å². The van der Waals surface area contributed by atoms with Crippen LogP contribution in [0.2, 0.25) is 0 Å². The summed E-state index contributed by atoms with van der Waals surface area (Å²) in [7, 11) is 0. The average molecular weight is 399 g/mol. The average Bonchev–Trinajstić information content (AvgIpc) is 3.09. The maximum absolute atomic E-state index is 13.6. The van der Waals surface area contributed by atoms with Crippen molar-refractivity contribution in [1.29, 1.82) is 0 Å². The third-order valence-corrected chi connectivity index (χ3v) is 4.81. The number of carbonyl (C=O) groups is 1. The van der Waals surface area contributed by atoms with Gasteiger partial charge >= 0.3 is 6.03 Å². The van der Waals surface area contributed by atoms with Crippen LogP contribution in [0.1, 0.15) is 24.2 Å².